The Labute approximate surface area is 140 Å². The highest BCUT2D eigenvalue weighted by Gasteiger charge is 2.29. The van der Waals surface area contributed by atoms with Crippen molar-refractivity contribution < 1.29 is 14.3 Å². The Morgan fingerprint density at radius 3 is 2.75 bits per heavy atom. The van der Waals surface area contributed by atoms with Crippen LogP contribution in [0.2, 0.25) is 0 Å². The maximum atomic E-state index is 12.5. The second kappa shape index (κ2) is 6.86. The number of nitrogens with one attached hydrogen (secondary N) is 1. The summed E-state index contributed by atoms with van der Waals surface area (Å²) in [6, 6.07) is 9.73. The van der Waals surface area contributed by atoms with Gasteiger partial charge in [0.05, 0.1) is 5.69 Å². The van der Waals surface area contributed by atoms with E-state index in [1.54, 1.807) is 6.92 Å². The molecule has 0 bridgehead atoms. The van der Waals surface area contributed by atoms with Gasteiger partial charge in [-0.3, -0.25) is 4.79 Å². The summed E-state index contributed by atoms with van der Waals surface area (Å²) in [5.41, 5.74) is 3.24. The topological polar surface area (TPSA) is 73.2 Å². The highest BCUT2D eigenvalue weighted by Crippen LogP contribution is 2.28. The first-order valence-corrected chi connectivity index (χ1v) is 8.26. The van der Waals surface area contributed by atoms with Crippen molar-refractivity contribution in [1.82, 2.24) is 15.1 Å². The van der Waals surface area contributed by atoms with Gasteiger partial charge in [-0.05, 0) is 45.2 Å². The van der Waals surface area contributed by atoms with Crippen molar-refractivity contribution in [2.45, 2.75) is 39.2 Å². The predicted octanol–water partition coefficient (Wildman–Crippen LogP) is 2.04. The van der Waals surface area contributed by atoms with Crippen LogP contribution in [0.25, 0.3) is 5.69 Å². The van der Waals surface area contributed by atoms with E-state index in [1.807, 2.05) is 41.9 Å². The van der Waals surface area contributed by atoms with Crippen molar-refractivity contribution in [1.29, 1.82) is 0 Å². The summed E-state index contributed by atoms with van der Waals surface area (Å²) in [6.07, 6.45) is 1.85. The lowest BCUT2D eigenvalue weighted by molar-refractivity contribution is -0.128. The van der Waals surface area contributed by atoms with E-state index < -0.39 is 12.1 Å². The zero-order chi connectivity index (χ0) is 17.1. The van der Waals surface area contributed by atoms with Gasteiger partial charge in [0.2, 0.25) is 0 Å². The molecule has 1 aromatic heterocycles. The first-order valence-electron chi connectivity index (χ1n) is 8.26. The van der Waals surface area contributed by atoms with Crippen molar-refractivity contribution >= 4 is 11.9 Å². The minimum Gasteiger partial charge on any atom is -0.448 e. The molecule has 24 heavy (non-hydrogen) atoms. The third kappa shape index (κ3) is 3.04. The number of hydrogen-bond acceptors (Lipinski definition) is 4. The number of para-hydroxylation sites is 1. The third-order valence-electron chi connectivity index (χ3n) is 4.13. The number of hydrogen-bond donors (Lipinski definition) is 1. The number of esters is 1. The minimum absolute atomic E-state index is 0.301. The number of nitrogens with zero attached hydrogens (tertiary/aromatic N) is 2. The number of carbonyl (C=O) groups excluding carboxylic acids is 2. The molecule has 0 unspecified atom stereocenters. The maximum absolute atomic E-state index is 12.5. The molecule has 0 saturated carbocycles. The second-order valence-electron chi connectivity index (χ2n) is 5.82. The fourth-order valence-electron chi connectivity index (χ4n) is 2.97. The molecule has 0 aliphatic heterocycles. The Balaban J connectivity index is 1.87. The quantitative estimate of drug-likeness (QED) is 0.853. The van der Waals surface area contributed by atoms with Gasteiger partial charge in [-0.1, -0.05) is 18.2 Å². The number of aromatic nitrogens is 2. The van der Waals surface area contributed by atoms with Crippen LogP contribution in [0.15, 0.2) is 30.3 Å². The van der Waals surface area contributed by atoms with E-state index in [0.717, 1.165) is 36.2 Å². The second-order valence-corrected chi connectivity index (χ2v) is 5.82. The average molecular weight is 327 g/mol. The van der Waals surface area contributed by atoms with Crippen LogP contribution >= 0.6 is 0 Å². The molecule has 0 spiro atoms. The zero-order valence-electron chi connectivity index (χ0n) is 13.9. The standard InChI is InChI=1S/C18H21N3O3/c1-3-19-17(22)12(2)24-18(23)16-14-10-7-11-15(14)21(20-16)13-8-5-4-6-9-13/h4-6,8-9,12H,3,7,10-11H2,1-2H3,(H,19,22)/t12-/m0/s1. The third-order valence-corrected chi connectivity index (χ3v) is 4.13. The Morgan fingerprint density at radius 1 is 1.29 bits per heavy atom. The van der Waals surface area contributed by atoms with Crippen molar-refractivity contribution in [2.24, 2.45) is 0 Å². The minimum atomic E-state index is -0.837. The van der Waals surface area contributed by atoms with Gasteiger partial charge in [0.25, 0.3) is 5.91 Å². The Bertz CT molecular complexity index is 752. The molecule has 1 aliphatic rings. The van der Waals surface area contributed by atoms with Crippen molar-refractivity contribution in [2.75, 3.05) is 6.54 Å². The van der Waals surface area contributed by atoms with Crippen LogP contribution in [0.4, 0.5) is 0 Å². The molecule has 1 atom stereocenters. The van der Waals surface area contributed by atoms with E-state index in [2.05, 4.69) is 10.4 Å². The van der Waals surface area contributed by atoms with Gasteiger partial charge in [-0.2, -0.15) is 5.10 Å². The molecule has 2 aromatic rings. The predicted molar refractivity (Wildman–Crippen MR) is 89.2 cm³/mol. The highest BCUT2D eigenvalue weighted by molar-refractivity contribution is 5.92. The van der Waals surface area contributed by atoms with Crippen LogP contribution < -0.4 is 5.32 Å². The number of ether oxygens (including phenoxy) is 1. The molecular formula is C18H21N3O3. The van der Waals surface area contributed by atoms with Gasteiger partial charge in [-0.25, -0.2) is 9.48 Å². The summed E-state index contributed by atoms with van der Waals surface area (Å²) in [5.74, 6) is -0.841. The molecule has 1 heterocycles. The molecule has 0 fully saturated rings. The Morgan fingerprint density at radius 2 is 2.04 bits per heavy atom. The number of benzene rings is 1. The molecule has 6 heteroatoms. The lowest BCUT2D eigenvalue weighted by Crippen LogP contribution is -2.35. The van der Waals surface area contributed by atoms with Gasteiger partial charge >= 0.3 is 5.97 Å². The molecule has 3 rings (SSSR count). The zero-order valence-corrected chi connectivity index (χ0v) is 13.9. The van der Waals surface area contributed by atoms with Crippen LogP contribution in [0, 0.1) is 0 Å². The summed E-state index contributed by atoms with van der Waals surface area (Å²) in [4.78, 5) is 24.2. The number of fused-ring (bicyclic) bond motifs is 1. The van der Waals surface area contributed by atoms with Crippen LogP contribution in [-0.2, 0) is 22.4 Å². The van der Waals surface area contributed by atoms with Gasteiger partial charge in [0.1, 0.15) is 0 Å². The molecule has 126 valence electrons. The molecule has 1 aliphatic carbocycles. The molecule has 6 nitrogen and oxygen atoms in total. The number of carbonyl (C=O) groups is 2. The summed E-state index contributed by atoms with van der Waals surface area (Å²) in [7, 11) is 0. The van der Waals surface area contributed by atoms with E-state index in [4.69, 9.17) is 4.74 Å². The van der Waals surface area contributed by atoms with Crippen molar-refractivity contribution in [3.8, 4) is 5.69 Å². The first-order chi connectivity index (χ1) is 11.6. The number of rotatable bonds is 5. The van der Waals surface area contributed by atoms with Gasteiger partial charge < -0.3 is 10.1 Å². The van der Waals surface area contributed by atoms with Crippen LogP contribution in [0.5, 0.6) is 0 Å². The monoisotopic (exact) mass is 327 g/mol. The van der Waals surface area contributed by atoms with E-state index in [0.29, 0.717) is 12.2 Å². The lowest BCUT2D eigenvalue weighted by atomic mass is 10.2. The summed E-state index contributed by atoms with van der Waals surface area (Å²) < 4.78 is 7.11. The summed E-state index contributed by atoms with van der Waals surface area (Å²) in [5, 5.41) is 7.11. The Hall–Kier alpha value is -2.63. The van der Waals surface area contributed by atoms with Gasteiger partial charge in [0.15, 0.2) is 11.8 Å². The normalized spacial score (nSPS) is 14.1. The van der Waals surface area contributed by atoms with Crippen LogP contribution in [0.3, 0.4) is 0 Å². The van der Waals surface area contributed by atoms with E-state index >= 15 is 0 Å². The SMILES string of the molecule is CCNC(=O)[C@H](C)OC(=O)c1nn(-c2ccccc2)c2c1CCC2. The van der Waals surface area contributed by atoms with E-state index in [1.165, 1.54) is 0 Å². The molecule has 1 aromatic carbocycles. The number of likely N-dealkylation sites (N-methyl/N-ethyl adjacent to an activating group) is 1. The molecule has 1 amide bonds. The maximum Gasteiger partial charge on any atom is 0.359 e. The van der Waals surface area contributed by atoms with E-state index in [9.17, 15) is 9.59 Å². The highest BCUT2D eigenvalue weighted by atomic mass is 16.5. The van der Waals surface area contributed by atoms with Crippen molar-refractivity contribution in [3.63, 3.8) is 0 Å². The van der Waals surface area contributed by atoms with Gasteiger partial charge in [-0.15, -0.1) is 0 Å². The molecule has 1 N–H and O–H groups in total. The summed E-state index contributed by atoms with van der Waals surface area (Å²) in [6.45, 7) is 3.89. The van der Waals surface area contributed by atoms with E-state index in [-0.39, 0.29) is 5.91 Å². The average Bonchev–Trinajstić information content (AvgIpc) is 3.17. The smallest absolute Gasteiger partial charge is 0.359 e. The molecule has 0 saturated heterocycles. The summed E-state index contributed by atoms with van der Waals surface area (Å²) >= 11 is 0. The van der Waals surface area contributed by atoms with Crippen LogP contribution in [-0.4, -0.2) is 34.3 Å². The van der Waals surface area contributed by atoms with Crippen LogP contribution in [0.1, 0.15) is 42.0 Å². The molecular weight excluding hydrogens is 306 g/mol. The largest absolute Gasteiger partial charge is 0.448 e. The lowest BCUT2D eigenvalue weighted by Gasteiger charge is -2.12. The fraction of sp³-hybridized carbons (Fsp3) is 0.389. The van der Waals surface area contributed by atoms with Gasteiger partial charge in [0, 0.05) is 17.8 Å². The van der Waals surface area contributed by atoms with Crippen molar-refractivity contribution in [3.05, 3.63) is 47.3 Å². The first kappa shape index (κ1) is 16.2. The number of amides is 1. The molecule has 0 radical (unpaired) electrons. The Kier molecular flexibility index (Phi) is 4.64. The fourth-order valence-corrected chi connectivity index (χ4v) is 2.97.